The van der Waals surface area contributed by atoms with Gasteiger partial charge in [-0.2, -0.15) is 0 Å². The summed E-state index contributed by atoms with van der Waals surface area (Å²) in [5.74, 6) is 1.27. The quantitative estimate of drug-likeness (QED) is 0.766. The smallest absolute Gasteiger partial charge is 0.166 e. The number of nitrogens with zero attached hydrogens (tertiary/aromatic N) is 1. The van der Waals surface area contributed by atoms with Crippen molar-refractivity contribution in [1.29, 1.82) is 0 Å². The predicted octanol–water partition coefficient (Wildman–Crippen LogP) is 4.24. The zero-order valence-electron chi connectivity index (χ0n) is 11.3. The van der Waals surface area contributed by atoms with Gasteiger partial charge in [-0.05, 0) is 36.6 Å². The third-order valence-corrected chi connectivity index (χ3v) is 4.44. The summed E-state index contributed by atoms with van der Waals surface area (Å²) in [6, 6.07) is 7.93. The molecule has 0 spiro atoms. The fourth-order valence-corrected chi connectivity index (χ4v) is 3.23. The lowest BCUT2D eigenvalue weighted by Crippen LogP contribution is -2.12. The van der Waals surface area contributed by atoms with Gasteiger partial charge in [0.1, 0.15) is 0 Å². The first-order valence-corrected chi connectivity index (χ1v) is 7.16. The number of benzene rings is 1. The Labute approximate surface area is 113 Å². The summed E-state index contributed by atoms with van der Waals surface area (Å²) in [6.07, 6.45) is 8.10. The highest BCUT2D eigenvalue weighted by Gasteiger charge is 2.30. The Morgan fingerprint density at radius 3 is 3.00 bits per heavy atom. The molecule has 2 heteroatoms. The second-order valence-electron chi connectivity index (χ2n) is 5.55. The normalized spacial score (nSPS) is 22.8. The van der Waals surface area contributed by atoms with Crippen LogP contribution in [0.2, 0.25) is 0 Å². The minimum atomic E-state index is 0.218. The molecule has 1 aromatic carbocycles. The molecule has 3 rings (SSSR count). The number of carbonyl (C=O) groups is 1. The molecule has 1 aliphatic carbocycles. The van der Waals surface area contributed by atoms with Crippen molar-refractivity contribution in [3.05, 3.63) is 42.2 Å². The average Bonchev–Trinajstić information content (AvgIpc) is 2.95. The lowest BCUT2D eigenvalue weighted by atomic mass is 9.92. The van der Waals surface area contributed by atoms with Crippen LogP contribution in [0.25, 0.3) is 10.8 Å². The molecule has 2 nitrogen and oxygen atoms in total. The van der Waals surface area contributed by atoms with Crippen molar-refractivity contribution in [2.24, 2.45) is 11.8 Å². The van der Waals surface area contributed by atoms with Crippen molar-refractivity contribution in [2.75, 3.05) is 0 Å². The van der Waals surface area contributed by atoms with E-state index in [-0.39, 0.29) is 5.92 Å². The number of ketones is 1. The van der Waals surface area contributed by atoms with E-state index in [9.17, 15) is 4.79 Å². The zero-order valence-corrected chi connectivity index (χ0v) is 11.3. The summed E-state index contributed by atoms with van der Waals surface area (Å²) >= 11 is 0. The fourth-order valence-electron chi connectivity index (χ4n) is 3.23. The Bertz CT molecular complexity index is 600. The monoisotopic (exact) mass is 253 g/mol. The van der Waals surface area contributed by atoms with Gasteiger partial charge in [-0.25, -0.2) is 0 Å². The van der Waals surface area contributed by atoms with Gasteiger partial charge >= 0.3 is 0 Å². The molecule has 0 bridgehead atoms. The molecule has 19 heavy (non-hydrogen) atoms. The van der Waals surface area contributed by atoms with Crippen molar-refractivity contribution < 1.29 is 4.79 Å². The standard InChI is InChI=1S/C17H19NO/c1-2-12-6-7-14(10-12)17(19)15-5-3-4-13-8-9-18-11-16(13)15/h3-5,8-9,11-12,14H,2,6-7,10H2,1H3. The van der Waals surface area contributed by atoms with Crippen LogP contribution < -0.4 is 0 Å². The number of carbonyl (C=O) groups excluding carboxylic acids is 1. The van der Waals surface area contributed by atoms with E-state index in [0.717, 1.165) is 35.1 Å². The number of rotatable bonds is 3. The molecule has 0 radical (unpaired) electrons. The van der Waals surface area contributed by atoms with Crippen molar-refractivity contribution >= 4 is 16.6 Å². The number of pyridine rings is 1. The number of hydrogen-bond donors (Lipinski definition) is 0. The van der Waals surface area contributed by atoms with Crippen LogP contribution in [0.4, 0.5) is 0 Å². The minimum absolute atomic E-state index is 0.218. The van der Waals surface area contributed by atoms with E-state index >= 15 is 0 Å². The molecule has 0 aliphatic heterocycles. The molecule has 1 aromatic heterocycles. The van der Waals surface area contributed by atoms with Gasteiger partial charge in [0.25, 0.3) is 0 Å². The average molecular weight is 253 g/mol. The summed E-state index contributed by atoms with van der Waals surface area (Å²) in [7, 11) is 0. The Hall–Kier alpha value is -1.70. The molecule has 1 heterocycles. The molecule has 1 aliphatic rings. The largest absolute Gasteiger partial charge is 0.294 e. The van der Waals surface area contributed by atoms with Crippen molar-refractivity contribution in [2.45, 2.75) is 32.6 Å². The third kappa shape index (κ3) is 2.27. The van der Waals surface area contributed by atoms with E-state index in [1.54, 1.807) is 6.20 Å². The lowest BCUT2D eigenvalue weighted by molar-refractivity contribution is 0.0921. The zero-order chi connectivity index (χ0) is 13.2. The molecule has 1 saturated carbocycles. The molecule has 0 N–H and O–H groups in total. The van der Waals surface area contributed by atoms with E-state index in [0.29, 0.717) is 5.78 Å². The highest BCUT2D eigenvalue weighted by molar-refractivity contribution is 6.08. The van der Waals surface area contributed by atoms with E-state index in [1.165, 1.54) is 12.8 Å². The fraction of sp³-hybridized carbons (Fsp3) is 0.412. The van der Waals surface area contributed by atoms with Gasteiger partial charge in [-0.15, -0.1) is 0 Å². The molecular weight excluding hydrogens is 234 g/mol. The Balaban J connectivity index is 1.94. The van der Waals surface area contributed by atoms with Crippen LogP contribution in [0.5, 0.6) is 0 Å². The summed E-state index contributed by atoms with van der Waals surface area (Å²) < 4.78 is 0. The first-order valence-electron chi connectivity index (χ1n) is 7.16. The lowest BCUT2D eigenvalue weighted by Gasteiger charge is -2.11. The van der Waals surface area contributed by atoms with E-state index in [2.05, 4.69) is 11.9 Å². The van der Waals surface area contributed by atoms with E-state index < -0.39 is 0 Å². The van der Waals surface area contributed by atoms with Gasteiger partial charge in [0.15, 0.2) is 5.78 Å². The number of Topliss-reactive ketones (excluding diaryl/α,β-unsaturated/α-hetero) is 1. The van der Waals surface area contributed by atoms with Crippen molar-refractivity contribution in [3.8, 4) is 0 Å². The number of aromatic nitrogens is 1. The van der Waals surface area contributed by atoms with Gasteiger partial charge in [0.2, 0.25) is 0 Å². The van der Waals surface area contributed by atoms with Crippen molar-refractivity contribution in [3.63, 3.8) is 0 Å². The molecule has 1 fully saturated rings. The van der Waals surface area contributed by atoms with E-state index in [4.69, 9.17) is 0 Å². The summed E-state index contributed by atoms with van der Waals surface area (Å²) in [5.41, 5.74) is 0.854. The maximum Gasteiger partial charge on any atom is 0.166 e. The topological polar surface area (TPSA) is 30.0 Å². The second kappa shape index (κ2) is 5.12. The van der Waals surface area contributed by atoms with Crippen LogP contribution in [0.15, 0.2) is 36.7 Å². The molecule has 2 atom stereocenters. The van der Waals surface area contributed by atoms with E-state index in [1.807, 2.05) is 30.5 Å². The number of hydrogen-bond acceptors (Lipinski definition) is 2. The van der Waals surface area contributed by atoms with Crippen LogP contribution in [0.1, 0.15) is 43.0 Å². The third-order valence-electron chi connectivity index (χ3n) is 4.44. The maximum absolute atomic E-state index is 12.7. The summed E-state index contributed by atoms with van der Waals surface area (Å²) in [6.45, 7) is 2.22. The molecule has 2 unspecified atom stereocenters. The highest BCUT2D eigenvalue weighted by Crippen LogP contribution is 2.35. The Kier molecular flexibility index (Phi) is 3.33. The first-order chi connectivity index (χ1) is 9.29. The first kappa shape index (κ1) is 12.3. The molecule has 0 saturated heterocycles. The number of fused-ring (bicyclic) bond motifs is 1. The molecule has 98 valence electrons. The van der Waals surface area contributed by atoms with Crippen LogP contribution >= 0.6 is 0 Å². The van der Waals surface area contributed by atoms with Gasteiger partial charge in [0.05, 0.1) is 0 Å². The Morgan fingerprint density at radius 2 is 2.21 bits per heavy atom. The predicted molar refractivity (Wildman–Crippen MR) is 77.2 cm³/mol. The maximum atomic E-state index is 12.7. The Morgan fingerprint density at radius 1 is 1.32 bits per heavy atom. The van der Waals surface area contributed by atoms with Gasteiger partial charge in [-0.3, -0.25) is 9.78 Å². The summed E-state index contributed by atoms with van der Waals surface area (Å²) in [4.78, 5) is 16.9. The summed E-state index contributed by atoms with van der Waals surface area (Å²) in [5, 5.41) is 2.10. The van der Waals surface area contributed by atoms with Gasteiger partial charge < -0.3 is 0 Å². The second-order valence-corrected chi connectivity index (χ2v) is 5.55. The molecular formula is C17H19NO. The van der Waals surface area contributed by atoms with Gasteiger partial charge in [-0.1, -0.05) is 31.5 Å². The van der Waals surface area contributed by atoms with Crippen LogP contribution in [0.3, 0.4) is 0 Å². The SMILES string of the molecule is CCC1CCC(C(=O)c2cccc3ccncc23)C1. The van der Waals surface area contributed by atoms with Crippen molar-refractivity contribution in [1.82, 2.24) is 4.98 Å². The van der Waals surface area contributed by atoms with Crippen LogP contribution in [-0.2, 0) is 0 Å². The van der Waals surface area contributed by atoms with Gasteiger partial charge in [0, 0.05) is 29.3 Å². The minimum Gasteiger partial charge on any atom is -0.294 e. The van der Waals surface area contributed by atoms with Crippen LogP contribution in [-0.4, -0.2) is 10.8 Å². The molecule has 0 amide bonds. The molecule has 2 aromatic rings. The van der Waals surface area contributed by atoms with Crippen LogP contribution in [0, 0.1) is 11.8 Å². The highest BCUT2D eigenvalue weighted by atomic mass is 16.1.